The monoisotopic (exact) mass is 343 g/mol. The number of aromatic nitrogens is 5. The molecule has 8 heteroatoms. The normalized spacial score (nSPS) is 22.2. The molecule has 2 aromatic heterocycles. The van der Waals surface area contributed by atoms with Gasteiger partial charge in [0.25, 0.3) is 5.91 Å². The summed E-state index contributed by atoms with van der Waals surface area (Å²) in [6, 6.07) is -0.100. The van der Waals surface area contributed by atoms with Crippen molar-refractivity contribution in [1.29, 1.82) is 0 Å². The lowest BCUT2D eigenvalue weighted by atomic mass is 10.1. The van der Waals surface area contributed by atoms with Gasteiger partial charge >= 0.3 is 0 Å². The van der Waals surface area contributed by atoms with Gasteiger partial charge in [0.2, 0.25) is 0 Å². The van der Waals surface area contributed by atoms with E-state index in [0.29, 0.717) is 18.1 Å². The predicted octanol–water partition coefficient (Wildman–Crippen LogP) is 1.15. The fraction of sp³-hybridized carbons (Fsp3) is 0.647. The Hall–Kier alpha value is -2.22. The Bertz CT molecular complexity index is 748. The van der Waals surface area contributed by atoms with Crippen molar-refractivity contribution in [3.63, 3.8) is 0 Å². The van der Waals surface area contributed by atoms with E-state index in [1.807, 2.05) is 18.9 Å². The summed E-state index contributed by atoms with van der Waals surface area (Å²) in [5.74, 6) is 2.34. The number of nitrogens with zero attached hydrogens (tertiary/aromatic N) is 6. The SMILES string of the molecule is Cc1nc(C2CCN(CC3CC3)CCN2C(=O)c2cncn2C)n[nH]1. The van der Waals surface area contributed by atoms with Gasteiger partial charge in [0, 0.05) is 33.2 Å². The van der Waals surface area contributed by atoms with Gasteiger partial charge < -0.3 is 14.4 Å². The summed E-state index contributed by atoms with van der Waals surface area (Å²) in [6.07, 6.45) is 6.84. The molecular formula is C17H25N7O. The van der Waals surface area contributed by atoms with Gasteiger partial charge in [-0.15, -0.1) is 0 Å². The highest BCUT2D eigenvalue weighted by atomic mass is 16.2. The molecule has 1 saturated heterocycles. The number of nitrogens with one attached hydrogen (secondary N) is 1. The van der Waals surface area contributed by atoms with Crippen LogP contribution in [0, 0.1) is 12.8 Å². The molecule has 0 aromatic carbocycles. The van der Waals surface area contributed by atoms with E-state index >= 15 is 0 Å². The molecule has 0 radical (unpaired) electrons. The van der Waals surface area contributed by atoms with Crippen molar-refractivity contribution in [2.45, 2.75) is 32.2 Å². The number of aryl methyl sites for hydroxylation is 2. The standard InChI is InChI=1S/C17H25N7O/c1-12-19-16(21-20-12)14-5-6-23(10-13-3-4-13)7-8-24(14)17(25)15-9-18-11-22(15)2/h9,11,13-14H,3-8,10H2,1-2H3,(H,19,20,21). The van der Waals surface area contributed by atoms with Gasteiger partial charge in [0.1, 0.15) is 11.5 Å². The number of aromatic amines is 1. The van der Waals surface area contributed by atoms with E-state index in [-0.39, 0.29) is 11.9 Å². The fourth-order valence-electron chi connectivity index (χ4n) is 3.56. The van der Waals surface area contributed by atoms with Crippen molar-refractivity contribution in [3.8, 4) is 0 Å². The van der Waals surface area contributed by atoms with Crippen LogP contribution in [0.25, 0.3) is 0 Å². The summed E-state index contributed by atoms with van der Waals surface area (Å²) < 4.78 is 1.77. The smallest absolute Gasteiger partial charge is 0.272 e. The van der Waals surface area contributed by atoms with E-state index in [2.05, 4.69) is 25.1 Å². The average molecular weight is 343 g/mol. The van der Waals surface area contributed by atoms with Crippen LogP contribution in [0.2, 0.25) is 0 Å². The lowest BCUT2D eigenvalue weighted by molar-refractivity contribution is 0.0667. The summed E-state index contributed by atoms with van der Waals surface area (Å²) in [6.45, 7) is 5.60. The summed E-state index contributed by atoms with van der Waals surface area (Å²) in [5.41, 5.74) is 0.605. The fourth-order valence-corrected chi connectivity index (χ4v) is 3.56. The molecule has 2 aromatic rings. The maximum atomic E-state index is 13.1. The molecule has 1 aliphatic heterocycles. The zero-order valence-electron chi connectivity index (χ0n) is 14.9. The van der Waals surface area contributed by atoms with Gasteiger partial charge in [-0.25, -0.2) is 9.97 Å². The van der Waals surface area contributed by atoms with Crippen molar-refractivity contribution in [2.24, 2.45) is 13.0 Å². The molecule has 1 amide bonds. The van der Waals surface area contributed by atoms with Crippen LogP contribution in [-0.2, 0) is 7.05 Å². The Balaban J connectivity index is 1.59. The predicted molar refractivity (Wildman–Crippen MR) is 91.9 cm³/mol. The highest BCUT2D eigenvalue weighted by molar-refractivity contribution is 5.92. The Morgan fingerprint density at radius 2 is 2.12 bits per heavy atom. The quantitative estimate of drug-likeness (QED) is 0.900. The van der Waals surface area contributed by atoms with E-state index in [0.717, 1.165) is 37.8 Å². The summed E-state index contributed by atoms with van der Waals surface area (Å²) >= 11 is 0. The molecule has 0 bridgehead atoms. The first-order chi connectivity index (χ1) is 12.1. The molecular weight excluding hydrogens is 318 g/mol. The molecule has 25 heavy (non-hydrogen) atoms. The van der Waals surface area contributed by atoms with E-state index in [9.17, 15) is 4.79 Å². The minimum atomic E-state index is -0.100. The number of rotatable bonds is 4. The molecule has 2 aliphatic rings. The van der Waals surface area contributed by atoms with Crippen molar-refractivity contribution >= 4 is 5.91 Å². The molecule has 134 valence electrons. The molecule has 1 atom stereocenters. The maximum Gasteiger partial charge on any atom is 0.272 e. The third-order valence-corrected chi connectivity index (χ3v) is 5.17. The largest absolute Gasteiger partial charge is 0.330 e. The lowest BCUT2D eigenvalue weighted by Crippen LogP contribution is -2.38. The van der Waals surface area contributed by atoms with Gasteiger partial charge in [0.05, 0.1) is 18.6 Å². The maximum absolute atomic E-state index is 13.1. The number of hydrogen-bond donors (Lipinski definition) is 1. The van der Waals surface area contributed by atoms with Crippen LogP contribution in [-0.4, -0.2) is 66.6 Å². The van der Waals surface area contributed by atoms with Crippen LogP contribution >= 0.6 is 0 Å². The molecule has 1 unspecified atom stereocenters. The number of amides is 1. The third-order valence-electron chi connectivity index (χ3n) is 5.17. The van der Waals surface area contributed by atoms with Crippen LogP contribution in [0.4, 0.5) is 0 Å². The first kappa shape index (κ1) is 16.3. The van der Waals surface area contributed by atoms with Crippen LogP contribution < -0.4 is 0 Å². The minimum absolute atomic E-state index is 0.000671. The van der Waals surface area contributed by atoms with Crippen molar-refractivity contribution in [2.75, 3.05) is 26.2 Å². The Kier molecular flexibility index (Phi) is 4.29. The minimum Gasteiger partial charge on any atom is -0.330 e. The van der Waals surface area contributed by atoms with Crippen molar-refractivity contribution < 1.29 is 4.79 Å². The van der Waals surface area contributed by atoms with Crippen LogP contribution in [0.5, 0.6) is 0 Å². The highest BCUT2D eigenvalue weighted by Gasteiger charge is 2.34. The van der Waals surface area contributed by atoms with Crippen LogP contribution in [0.1, 0.15) is 47.4 Å². The third kappa shape index (κ3) is 3.44. The number of carbonyl (C=O) groups excluding carboxylic acids is 1. The van der Waals surface area contributed by atoms with E-state index in [1.54, 1.807) is 17.1 Å². The lowest BCUT2D eigenvalue weighted by Gasteiger charge is -2.27. The average Bonchev–Trinajstić information content (AvgIpc) is 3.22. The molecule has 0 spiro atoms. The summed E-state index contributed by atoms with van der Waals surface area (Å²) in [7, 11) is 1.85. The second-order valence-electron chi connectivity index (χ2n) is 7.22. The number of hydrogen-bond acceptors (Lipinski definition) is 5. The summed E-state index contributed by atoms with van der Waals surface area (Å²) in [5, 5.41) is 7.26. The van der Waals surface area contributed by atoms with Gasteiger partial charge in [0.15, 0.2) is 5.82 Å². The van der Waals surface area contributed by atoms with E-state index in [4.69, 9.17) is 0 Å². The molecule has 3 heterocycles. The molecule has 1 saturated carbocycles. The molecule has 1 N–H and O–H groups in total. The van der Waals surface area contributed by atoms with Crippen molar-refractivity contribution in [3.05, 3.63) is 29.9 Å². The summed E-state index contributed by atoms with van der Waals surface area (Å²) in [4.78, 5) is 26.2. The zero-order chi connectivity index (χ0) is 17.4. The number of imidazole rings is 1. The number of H-pyrrole nitrogens is 1. The van der Waals surface area contributed by atoms with Crippen LogP contribution in [0.3, 0.4) is 0 Å². The second kappa shape index (κ2) is 6.59. The highest BCUT2D eigenvalue weighted by Crippen LogP contribution is 2.32. The topological polar surface area (TPSA) is 82.9 Å². The van der Waals surface area contributed by atoms with Crippen molar-refractivity contribution in [1.82, 2.24) is 34.5 Å². The first-order valence-electron chi connectivity index (χ1n) is 9.00. The van der Waals surface area contributed by atoms with Gasteiger partial charge in [-0.05, 0) is 32.1 Å². The van der Waals surface area contributed by atoms with Gasteiger partial charge in [-0.3, -0.25) is 9.89 Å². The molecule has 8 nitrogen and oxygen atoms in total. The van der Waals surface area contributed by atoms with E-state index < -0.39 is 0 Å². The Morgan fingerprint density at radius 3 is 2.76 bits per heavy atom. The first-order valence-corrected chi connectivity index (χ1v) is 9.00. The van der Waals surface area contributed by atoms with Gasteiger partial charge in [-0.1, -0.05) is 0 Å². The molecule has 4 rings (SSSR count). The molecule has 1 aliphatic carbocycles. The van der Waals surface area contributed by atoms with E-state index in [1.165, 1.54) is 12.8 Å². The number of carbonyl (C=O) groups is 1. The van der Waals surface area contributed by atoms with Gasteiger partial charge in [-0.2, -0.15) is 5.10 Å². The Labute approximate surface area is 147 Å². The zero-order valence-corrected chi connectivity index (χ0v) is 14.9. The van der Waals surface area contributed by atoms with Crippen LogP contribution in [0.15, 0.2) is 12.5 Å². The molecule has 2 fully saturated rings. The Morgan fingerprint density at radius 1 is 1.28 bits per heavy atom. The second-order valence-corrected chi connectivity index (χ2v) is 7.22.